The molecule has 0 bridgehead atoms. The summed E-state index contributed by atoms with van der Waals surface area (Å²) in [6, 6.07) is 105. The summed E-state index contributed by atoms with van der Waals surface area (Å²) in [6.07, 6.45) is 0. The van der Waals surface area contributed by atoms with Gasteiger partial charge in [0.1, 0.15) is 11.2 Å². The zero-order valence-corrected chi connectivity index (χ0v) is 41.0. The van der Waals surface area contributed by atoms with Crippen LogP contribution < -0.4 is 4.90 Å². The molecule has 352 valence electrons. The first kappa shape index (κ1) is 43.8. The third-order valence-electron chi connectivity index (χ3n) is 14.9. The minimum Gasteiger partial charge on any atom is -0.455 e. The van der Waals surface area contributed by atoms with E-state index in [1.807, 2.05) is 12.1 Å². The minimum absolute atomic E-state index is 0.897. The van der Waals surface area contributed by atoms with Gasteiger partial charge in [-0.25, -0.2) is 0 Å². The van der Waals surface area contributed by atoms with Crippen molar-refractivity contribution in [3.8, 4) is 72.4 Å². The molecule has 14 aromatic rings. The highest BCUT2D eigenvalue weighted by molar-refractivity contribution is 6.11. The zero-order chi connectivity index (χ0) is 49.7. The summed E-state index contributed by atoms with van der Waals surface area (Å²) in [5.74, 6) is 0. The van der Waals surface area contributed by atoms with E-state index in [9.17, 15) is 0 Å². The highest BCUT2D eigenvalue weighted by atomic mass is 16.3. The van der Waals surface area contributed by atoms with Crippen molar-refractivity contribution in [2.24, 2.45) is 0 Å². The van der Waals surface area contributed by atoms with Gasteiger partial charge < -0.3 is 13.9 Å². The summed E-state index contributed by atoms with van der Waals surface area (Å²) in [7, 11) is 0. The predicted molar refractivity (Wildman–Crippen MR) is 315 cm³/mol. The van der Waals surface area contributed by atoms with Gasteiger partial charge in [0.05, 0.1) is 16.7 Å². The van der Waals surface area contributed by atoms with E-state index in [0.29, 0.717) is 0 Å². The molecule has 3 nitrogen and oxygen atoms in total. The van der Waals surface area contributed by atoms with Crippen LogP contribution in [0.25, 0.3) is 116 Å². The Bertz CT molecular complexity index is 4340. The van der Waals surface area contributed by atoms with Crippen molar-refractivity contribution >= 4 is 60.8 Å². The van der Waals surface area contributed by atoms with E-state index in [0.717, 1.165) is 78.1 Å². The molecule has 0 saturated carbocycles. The first-order valence-corrected chi connectivity index (χ1v) is 25.7. The molecule has 0 fully saturated rings. The number of para-hydroxylation sites is 5. The molecule has 0 atom stereocenters. The second kappa shape index (κ2) is 18.6. The largest absolute Gasteiger partial charge is 0.455 e. The monoisotopic (exact) mass is 956 g/mol. The third kappa shape index (κ3) is 7.78. The molecule has 0 aliphatic rings. The van der Waals surface area contributed by atoms with Crippen LogP contribution in [0.5, 0.6) is 0 Å². The Kier molecular flexibility index (Phi) is 10.8. The van der Waals surface area contributed by atoms with Crippen molar-refractivity contribution in [1.29, 1.82) is 0 Å². The summed E-state index contributed by atoms with van der Waals surface area (Å²) in [4.78, 5) is 2.36. The van der Waals surface area contributed by atoms with E-state index in [1.165, 1.54) is 55.2 Å². The van der Waals surface area contributed by atoms with Crippen LogP contribution in [0, 0.1) is 0 Å². The third-order valence-corrected chi connectivity index (χ3v) is 14.9. The molecule has 0 N–H and O–H groups in total. The van der Waals surface area contributed by atoms with Crippen molar-refractivity contribution in [1.82, 2.24) is 4.57 Å². The molecule has 0 unspecified atom stereocenters. The number of benzene rings is 12. The van der Waals surface area contributed by atoms with Gasteiger partial charge in [-0.3, -0.25) is 0 Å². The van der Waals surface area contributed by atoms with Crippen molar-refractivity contribution in [3.05, 3.63) is 291 Å². The Morgan fingerprint density at radius 3 is 1.25 bits per heavy atom. The fourth-order valence-corrected chi connectivity index (χ4v) is 11.3. The Labute approximate surface area is 436 Å². The van der Waals surface area contributed by atoms with Crippen LogP contribution in [-0.4, -0.2) is 4.57 Å². The second-order valence-electron chi connectivity index (χ2n) is 19.2. The summed E-state index contributed by atoms with van der Waals surface area (Å²) < 4.78 is 8.97. The first-order chi connectivity index (χ1) is 37.2. The summed E-state index contributed by atoms with van der Waals surface area (Å²) in [5.41, 5.74) is 22.4. The highest BCUT2D eigenvalue weighted by Gasteiger charge is 2.20. The molecule has 0 radical (unpaired) electrons. The Morgan fingerprint density at radius 2 is 0.653 bits per heavy atom. The molecule has 0 saturated heterocycles. The average molecular weight is 957 g/mol. The maximum Gasteiger partial charge on any atom is 0.143 e. The summed E-state index contributed by atoms with van der Waals surface area (Å²) in [6.45, 7) is 0. The maximum absolute atomic E-state index is 6.55. The fourth-order valence-electron chi connectivity index (χ4n) is 11.3. The van der Waals surface area contributed by atoms with Crippen LogP contribution in [0.2, 0.25) is 0 Å². The average Bonchev–Trinajstić information content (AvgIpc) is 4.05. The molecule has 0 spiro atoms. The molecule has 2 heterocycles. The molecule has 0 aliphatic heterocycles. The van der Waals surface area contributed by atoms with Crippen LogP contribution in [-0.2, 0) is 0 Å². The van der Waals surface area contributed by atoms with Crippen LogP contribution in [0.15, 0.2) is 296 Å². The molecular formula is C72H48N2O. The number of nitrogens with zero attached hydrogens (tertiary/aromatic N) is 2. The number of hydrogen-bond acceptors (Lipinski definition) is 2. The van der Waals surface area contributed by atoms with Crippen molar-refractivity contribution in [2.45, 2.75) is 0 Å². The van der Waals surface area contributed by atoms with Crippen molar-refractivity contribution < 1.29 is 4.42 Å². The van der Waals surface area contributed by atoms with Crippen LogP contribution >= 0.6 is 0 Å². The Hall–Kier alpha value is -9.96. The fraction of sp³-hybridized carbons (Fsp3) is 0. The van der Waals surface area contributed by atoms with E-state index in [2.05, 4.69) is 289 Å². The van der Waals surface area contributed by atoms with E-state index < -0.39 is 0 Å². The van der Waals surface area contributed by atoms with Crippen molar-refractivity contribution in [3.63, 3.8) is 0 Å². The van der Waals surface area contributed by atoms with Gasteiger partial charge in [-0.15, -0.1) is 0 Å². The molecule has 2 aromatic heterocycles. The molecule has 0 aliphatic carbocycles. The second-order valence-corrected chi connectivity index (χ2v) is 19.2. The molecule has 3 heteroatoms. The first-order valence-electron chi connectivity index (χ1n) is 25.7. The van der Waals surface area contributed by atoms with Gasteiger partial charge in [0.25, 0.3) is 0 Å². The lowest BCUT2D eigenvalue weighted by Gasteiger charge is -2.26. The number of hydrogen-bond donors (Lipinski definition) is 0. The van der Waals surface area contributed by atoms with Crippen LogP contribution in [0.3, 0.4) is 0 Å². The normalized spacial score (nSPS) is 11.5. The number of rotatable bonds is 10. The standard InChI is InChI=1S/C72H48N2O/c1-2-18-49(19-3-1)53-20-16-21-54(48-53)50-36-42-55(43-37-50)73(57-46-40-52(41-47-57)59-23-5-7-25-61(59)66-30-17-31-67-65-29-11-15-35-71(65)75-72(66)67)56-44-38-51(39-45-56)58-22-4-6-24-60(58)62-26-8-12-32-68(62)74-69-33-13-9-27-63(69)64-28-10-14-34-70(64)74/h1-48H. The number of anilines is 3. The Morgan fingerprint density at radius 1 is 0.253 bits per heavy atom. The molecule has 14 rings (SSSR count). The van der Waals surface area contributed by atoms with Gasteiger partial charge in [-0.05, 0) is 122 Å². The Balaban J connectivity index is 0.852. The zero-order valence-electron chi connectivity index (χ0n) is 41.0. The van der Waals surface area contributed by atoms with E-state index >= 15 is 0 Å². The lowest BCUT2D eigenvalue weighted by molar-refractivity contribution is 0.670. The number of furan rings is 1. The van der Waals surface area contributed by atoms with Gasteiger partial charge in [-0.2, -0.15) is 0 Å². The summed E-state index contributed by atoms with van der Waals surface area (Å²) >= 11 is 0. The SMILES string of the molecule is c1ccc(-c2cccc(-c3ccc(N(c4ccc(-c5ccccc5-c5ccccc5-n5c6ccccc6c6ccccc65)cc4)c4ccc(-c5ccccc5-c5cccc6c5oc5ccccc56)cc4)cc3)c2)cc1. The van der Waals surface area contributed by atoms with Crippen LogP contribution in [0.4, 0.5) is 17.1 Å². The summed E-state index contributed by atoms with van der Waals surface area (Å²) in [5, 5.41) is 4.75. The molecule has 75 heavy (non-hydrogen) atoms. The molecule has 0 amide bonds. The van der Waals surface area contributed by atoms with E-state index in [1.54, 1.807) is 0 Å². The maximum atomic E-state index is 6.55. The van der Waals surface area contributed by atoms with Gasteiger partial charge in [0, 0.05) is 49.7 Å². The minimum atomic E-state index is 0.897. The number of aromatic nitrogens is 1. The lowest BCUT2D eigenvalue weighted by Crippen LogP contribution is -2.09. The highest BCUT2D eigenvalue weighted by Crippen LogP contribution is 2.44. The van der Waals surface area contributed by atoms with E-state index in [-0.39, 0.29) is 0 Å². The number of fused-ring (bicyclic) bond motifs is 6. The molecule has 12 aromatic carbocycles. The van der Waals surface area contributed by atoms with Crippen molar-refractivity contribution in [2.75, 3.05) is 4.90 Å². The van der Waals surface area contributed by atoms with Gasteiger partial charge in [-0.1, -0.05) is 224 Å². The lowest BCUT2D eigenvalue weighted by atomic mass is 9.93. The van der Waals surface area contributed by atoms with Crippen LogP contribution in [0.1, 0.15) is 0 Å². The van der Waals surface area contributed by atoms with Gasteiger partial charge >= 0.3 is 0 Å². The quantitative estimate of drug-likeness (QED) is 0.136. The van der Waals surface area contributed by atoms with E-state index in [4.69, 9.17) is 4.42 Å². The smallest absolute Gasteiger partial charge is 0.143 e. The topological polar surface area (TPSA) is 21.3 Å². The molecular weight excluding hydrogens is 909 g/mol. The van der Waals surface area contributed by atoms with Gasteiger partial charge in [0.2, 0.25) is 0 Å². The van der Waals surface area contributed by atoms with Gasteiger partial charge in [0.15, 0.2) is 0 Å². The predicted octanol–water partition coefficient (Wildman–Crippen LogP) is 20.2.